The van der Waals surface area contributed by atoms with Gasteiger partial charge in [-0.15, -0.1) is 0 Å². The molecule has 0 spiro atoms. The Balaban J connectivity index is 3.13. The molecule has 0 heterocycles. The second kappa shape index (κ2) is 4.21. The molecule has 0 bridgehead atoms. The Kier molecular flexibility index (Phi) is 3.19. The van der Waals surface area contributed by atoms with Crippen molar-refractivity contribution in [1.29, 1.82) is 0 Å². The maximum atomic E-state index is 11.2. The highest BCUT2D eigenvalue weighted by Crippen LogP contribution is 2.24. The Labute approximate surface area is 88.1 Å². The summed E-state index contributed by atoms with van der Waals surface area (Å²) in [6, 6.07) is 4.58. The number of hydrogen-bond acceptors (Lipinski definition) is 3. The van der Waals surface area contributed by atoms with E-state index in [0.717, 1.165) is 11.1 Å². The molecular formula is C11H13NO3. The minimum absolute atomic E-state index is 0.0620. The number of carbonyl (C=O) groups is 1. The molecule has 0 aromatic heterocycles. The van der Waals surface area contributed by atoms with Crippen LogP contribution in [0.3, 0.4) is 0 Å². The van der Waals surface area contributed by atoms with Crippen molar-refractivity contribution in [2.24, 2.45) is 0 Å². The molecule has 1 aromatic carbocycles. The summed E-state index contributed by atoms with van der Waals surface area (Å²) in [5, 5.41) is 10.5. The minimum atomic E-state index is -0.435. The predicted octanol–water partition coefficient (Wildman–Crippen LogP) is 2.60. The zero-order valence-corrected chi connectivity index (χ0v) is 8.98. The number of rotatable bonds is 3. The molecule has 0 saturated carbocycles. The summed E-state index contributed by atoms with van der Waals surface area (Å²) in [5.74, 6) is -0.141. The van der Waals surface area contributed by atoms with Crippen LogP contribution in [0.5, 0.6) is 0 Å². The first kappa shape index (κ1) is 11.4. The van der Waals surface area contributed by atoms with Gasteiger partial charge in [-0.05, 0) is 25.0 Å². The number of non-ortho nitro benzene ring substituents is 1. The van der Waals surface area contributed by atoms with Gasteiger partial charge < -0.3 is 0 Å². The van der Waals surface area contributed by atoms with E-state index in [1.807, 2.05) is 0 Å². The fraction of sp³-hybridized carbons (Fsp3) is 0.364. The van der Waals surface area contributed by atoms with Crippen LogP contribution in [0.15, 0.2) is 18.2 Å². The molecule has 1 atom stereocenters. The van der Waals surface area contributed by atoms with Crippen LogP contribution in [0.4, 0.5) is 5.69 Å². The number of ketones is 1. The van der Waals surface area contributed by atoms with E-state index >= 15 is 0 Å². The molecule has 0 aliphatic rings. The summed E-state index contributed by atoms with van der Waals surface area (Å²) in [5.41, 5.74) is 1.70. The molecule has 0 N–H and O–H groups in total. The number of Topliss-reactive ketones (excluding diaryl/α,β-unsaturated/α-hetero) is 1. The third kappa shape index (κ3) is 2.40. The van der Waals surface area contributed by atoms with Gasteiger partial charge in [0.2, 0.25) is 0 Å². The van der Waals surface area contributed by atoms with Crippen molar-refractivity contribution >= 4 is 11.5 Å². The topological polar surface area (TPSA) is 60.2 Å². The van der Waals surface area contributed by atoms with E-state index in [9.17, 15) is 14.9 Å². The highest BCUT2D eigenvalue weighted by Gasteiger charge is 2.15. The molecule has 0 radical (unpaired) electrons. The molecule has 4 nitrogen and oxygen atoms in total. The van der Waals surface area contributed by atoms with Gasteiger partial charge in [0, 0.05) is 18.1 Å². The smallest absolute Gasteiger partial charge is 0.269 e. The van der Waals surface area contributed by atoms with E-state index in [0.29, 0.717) is 0 Å². The first-order valence-corrected chi connectivity index (χ1v) is 4.69. The fourth-order valence-corrected chi connectivity index (χ4v) is 1.48. The van der Waals surface area contributed by atoms with Gasteiger partial charge >= 0.3 is 0 Å². The monoisotopic (exact) mass is 207 g/mol. The second-order valence-electron chi connectivity index (χ2n) is 3.63. The van der Waals surface area contributed by atoms with Crippen molar-refractivity contribution in [3.05, 3.63) is 39.4 Å². The highest BCUT2D eigenvalue weighted by atomic mass is 16.6. The predicted molar refractivity (Wildman–Crippen MR) is 56.9 cm³/mol. The largest absolute Gasteiger partial charge is 0.299 e. The van der Waals surface area contributed by atoms with Gasteiger partial charge in [0.15, 0.2) is 0 Å². The zero-order valence-electron chi connectivity index (χ0n) is 8.98. The number of nitrogens with zero attached hydrogens (tertiary/aromatic N) is 1. The molecule has 0 amide bonds. The van der Waals surface area contributed by atoms with Crippen molar-refractivity contribution in [1.82, 2.24) is 0 Å². The van der Waals surface area contributed by atoms with E-state index < -0.39 is 4.92 Å². The lowest BCUT2D eigenvalue weighted by Crippen LogP contribution is -2.06. The molecule has 1 rings (SSSR count). The van der Waals surface area contributed by atoms with Crippen LogP contribution >= 0.6 is 0 Å². The summed E-state index contributed by atoms with van der Waals surface area (Å²) in [6.45, 7) is 5.10. The Hall–Kier alpha value is -1.71. The van der Waals surface area contributed by atoms with Gasteiger partial charge in [-0.25, -0.2) is 0 Å². The van der Waals surface area contributed by atoms with Crippen LogP contribution in [-0.2, 0) is 4.79 Å². The third-order valence-electron chi connectivity index (χ3n) is 2.54. The van der Waals surface area contributed by atoms with Gasteiger partial charge in [0.05, 0.1) is 4.92 Å². The Morgan fingerprint density at radius 2 is 2.07 bits per heavy atom. The SMILES string of the molecule is CC(=O)C(C)c1ccc([N+](=O)[O-])cc1C. The van der Waals surface area contributed by atoms with Crippen molar-refractivity contribution in [3.63, 3.8) is 0 Å². The standard InChI is InChI=1S/C11H13NO3/c1-7-6-10(12(14)15)4-5-11(7)8(2)9(3)13/h4-6,8H,1-3H3. The molecule has 1 unspecified atom stereocenters. The van der Waals surface area contributed by atoms with Gasteiger partial charge in [-0.3, -0.25) is 14.9 Å². The summed E-state index contributed by atoms with van der Waals surface area (Å²) in [7, 11) is 0. The zero-order chi connectivity index (χ0) is 11.6. The summed E-state index contributed by atoms with van der Waals surface area (Å²) in [6.07, 6.45) is 0. The Bertz CT molecular complexity index is 412. The molecule has 15 heavy (non-hydrogen) atoms. The third-order valence-corrected chi connectivity index (χ3v) is 2.54. The molecule has 1 aromatic rings. The van der Waals surface area contributed by atoms with Crippen molar-refractivity contribution in [3.8, 4) is 0 Å². The molecule has 0 aliphatic carbocycles. The summed E-state index contributed by atoms with van der Waals surface area (Å²) >= 11 is 0. The van der Waals surface area contributed by atoms with E-state index in [2.05, 4.69) is 0 Å². The fourth-order valence-electron chi connectivity index (χ4n) is 1.48. The molecule has 0 fully saturated rings. The van der Waals surface area contributed by atoms with Gasteiger partial charge in [-0.1, -0.05) is 13.0 Å². The van der Waals surface area contributed by atoms with E-state index in [-0.39, 0.29) is 17.4 Å². The van der Waals surface area contributed by atoms with Crippen LogP contribution in [0.1, 0.15) is 30.9 Å². The van der Waals surface area contributed by atoms with Gasteiger partial charge in [0.1, 0.15) is 5.78 Å². The summed E-state index contributed by atoms with van der Waals surface area (Å²) in [4.78, 5) is 21.3. The van der Waals surface area contributed by atoms with E-state index in [1.165, 1.54) is 19.1 Å². The lowest BCUT2D eigenvalue weighted by atomic mass is 9.93. The van der Waals surface area contributed by atoms with E-state index in [1.54, 1.807) is 19.9 Å². The number of nitro benzene ring substituents is 1. The number of carbonyl (C=O) groups excluding carboxylic acids is 1. The quantitative estimate of drug-likeness (QED) is 0.565. The molecule has 0 aliphatic heterocycles. The molecule has 0 saturated heterocycles. The Morgan fingerprint density at radius 3 is 2.47 bits per heavy atom. The number of hydrogen-bond donors (Lipinski definition) is 0. The first-order valence-electron chi connectivity index (χ1n) is 4.69. The van der Waals surface area contributed by atoms with Crippen LogP contribution in [0.2, 0.25) is 0 Å². The first-order chi connectivity index (χ1) is 6.93. The van der Waals surface area contributed by atoms with Crippen molar-refractivity contribution in [2.75, 3.05) is 0 Å². The second-order valence-corrected chi connectivity index (χ2v) is 3.63. The molecular weight excluding hydrogens is 194 g/mol. The highest BCUT2D eigenvalue weighted by molar-refractivity contribution is 5.83. The summed E-state index contributed by atoms with van der Waals surface area (Å²) < 4.78 is 0. The van der Waals surface area contributed by atoms with E-state index in [4.69, 9.17) is 0 Å². The maximum absolute atomic E-state index is 11.2. The van der Waals surface area contributed by atoms with Crippen LogP contribution in [0.25, 0.3) is 0 Å². The van der Waals surface area contributed by atoms with Crippen LogP contribution in [-0.4, -0.2) is 10.7 Å². The molecule has 4 heteroatoms. The van der Waals surface area contributed by atoms with Crippen LogP contribution in [0, 0.1) is 17.0 Å². The normalized spacial score (nSPS) is 12.2. The number of nitro groups is 1. The average molecular weight is 207 g/mol. The number of aryl methyl sites for hydroxylation is 1. The van der Waals surface area contributed by atoms with Crippen LogP contribution < -0.4 is 0 Å². The average Bonchev–Trinajstić information content (AvgIpc) is 2.16. The Morgan fingerprint density at radius 1 is 1.47 bits per heavy atom. The van der Waals surface area contributed by atoms with Gasteiger partial charge in [-0.2, -0.15) is 0 Å². The lowest BCUT2D eigenvalue weighted by molar-refractivity contribution is -0.384. The molecule has 80 valence electrons. The minimum Gasteiger partial charge on any atom is -0.299 e. The number of benzene rings is 1. The lowest BCUT2D eigenvalue weighted by Gasteiger charge is -2.10. The van der Waals surface area contributed by atoms with Crippen molar-refractivity contribution < 1.29 is 9.72 Å². The van der Waals surface area contributed by atoms with Gasteiger partial charge in [0.25, 0.3) is 5.69 Å². The maximum Gasteiger partial charge on any atom is 0.269 e. The van der Waals surface area contributed by atoms with Crippen molar-refractivity contribution in [2.45, 2.75) is 26.7 Å².